The van der Waals surface area contributed by atoms with Crippen molar-refractivity contribution in [3.8, 4) is 17.0 Å². The summed E-state index contributed by atoms with van der Waals surface area (Å²) in [7, 11) is 1.50. The number of pyridine rings is 1. The van der Waals surface area contributed by atoms with Crippen molar-refractivity contribution < 1.29 is 9.13 Å². The average Bonchev–Trinajstić information content (AvgIpc) is 2.97. The predicted molar refractivity (Wildman–Crippen MR) is 86.6 cm³/mol. The lowest BCUT2D eigenvalue weighted by molar-refractivity contribution is 0.411. The number of benzene rings is 1. The van der Waals surface area contributed by atoms with Gasteiger partial charge < -0.3 is 10.1 Å². The number of hydrogen-bond donors (Lipinski definition) is 1. The highest BCUT2D eigenvalue weighted by atomic mass is 35.5. The molecule has 1 N–H and O–H groups in total. The molecule has 0 atom stereocenters. The second kappa shape index (κ2) is 6.29. The van der Waals surface area contributed by atoms with Crippen LogP contribution >= 0.6 is 22.9 Å². The molecule has 1 aromatic carbocycles. The van der Waals surface area contributed by atoms with Gasteiger partial charge in [0.2, 0.25) is 0 Å². The van der Waals surface area contributed by atoms with Crippen LogP contribution in [0, 0.1) is 5.82 Å². The van der Waals surface area contributed by atoms with Gasteiger partial charge in [-0.15, -0.1) is 11.3 Å². The number of thiazole rings is 1. The third-order valence-corrected chi connectivity index (χ3v) is 3.87. The van der Waals surface area contributed by atoms with Gasteiger partial charge in [-0.25, -0.2) is 14.4 Å². The van der Waals surface area contributed by atoms with Gasteiger partial charge in [-0.3, -0.25) is 0 Å². The van der Waals surface area contributed by atoms with E-state index < -0.39 is 0 Å². The molecule has 0 fully saturated rings. The van der Waals surface area contributed by atoms with E-state index in [1.165, 1.54) is 30.6 Å². The number of halogens is 2. The molecule has 0 unspecified atom stereocenters. The highest BCUT2D eigenvalue weighted by molar-refractivity contribution is 7.14. The van der Waals surface area contributed by atoms with E-state index in [2.05, 4.69) is 15.3 Å². The Morgan fingerprint density at radius 1 is 1.27 bits per heavy atom. The Morgan fingerprint density at radius 3 is 2.86 bits per heavy atom. The van der Waals surface area contributed by atoms with Gasteiger partial charge in [-0.1, -0.05) is 11.6 Å². The summed E-state index contributed by atoms with van der Waals surface area (Å²) < 4.78 is 18.6. The largest absolute Gasteiger partial charge is 0.497 e. The maximum atomic E-state index is 13.6. The summed E-state index contributed by atoms with van der Waals surface area (Å²) >= 11 is 7.16. The molecule has 2 heterocycles. The van der Waals surface area contributed by atoms with Crippen molar-refractivity contribution in [2.45, 2.75) is 0 Å². The number of nitrogens with one attached hydrogen (secondary N) is 1. The molecule has 4 nitrogen and oxygen atoms in total. The van der Waals surface area contributed by atoms with Crippen molar-refractivity contribution in [3.63, 3.8) is 0 Å². The fourth-order valence-electron chi connectivity index (χ4n) is 1.87. The van der Waals surface area contributed by atoms with Crippen LogP contribution in [0.2, 0.25) is 5.15 Å². The van der Waals surface area contributed by atoms with Crippen molar-refractivity contribution in [1.82, 2.24) is 9.97 Å². The second-order valence-electron chi connectivity index (χ2n) is 4.41. The van der Waals surface area contributed by atoms with Crippen LogP contribution in [0.4, 0.5) is 15.2 Å². The molecule has 2 aromatic heterocycles. The highest BCUT2D eigenvalue weighted by Crippen LogP contribution is 2.30. The van der Waals surface area contributed by atoms with Crippen LogP contribution in [0.5, 0.6) is 5.75 Å². The van der Waals surface area contributed by atoms with Gasteiger partial charge in [0.05, 0.1) is 24.7 Å². The fourth-order valence-corrected chi connectivity index (χ4v) is 2.72. The van der Waals surface area contributed by atoms with Crippen LogP contribution in [0.1, 0.15) is 0 Å². The summed E-state index contributed by atoms with van der Waals surface area (Å²) in [5, 5.41) is 6.08. The molecule has 0 saturated carbocycles. The Morgan fingerprint density at radius 2 is 2.14 bits per heavy atom. The molecule has 0 saturated heterocycles. The lowest BCUT2D eigenvalue weighted by atomic mass is 10.1. The number of ether oxygens (including phenoxy) is 1. The van der Waals surface area contributed by atoms with Crippen molar-refractivity contribution >= 4 is 33.8 Å². The maximum Gasteiger partial charge on any atom is 0.187 e. The van der Waals surface area contributed by atoms with E-state index in [4.69, 9.17) is 16.3 Å². The zero-order chi connectivity index (χ0) is 15.5. The minimum atomic E-state index is -0.362. The van der Waals surface area contributed by atoms with Gasteiger partial charge in [0.1, 0.15) is 16.7 Å². The highest BCUT2D eigenvalue weighted by Gasteiger charge is 2.08. The van der Waals surface area contributed by atoms with Crippen LogP contribution in [0.15, 0.2) is 41.9 Å². The van der Waals surface area contributed by atoms with E-state index in [0.29, 0.717) is 27.3 Å². The summed E-state index contributed by atoms with van der Waals surface area (Å²) in [5.74, 6) is 0.0955. The monoisotopic (exact) mass is 335 g/mol. The number of anilines is 2. The number of hydrogen-bond acceptors (Lipinski definition) is 5. The molecule has 0 aliphatic heterocycles. The quantitative estimate of drug-likeness (QED) is 0.699. The van der Waals surface area contributed by atoms with E-state index in [1.54, 1.807) is 18.3 Å². The van der Waals surface area contributed by atoms with Gasteiger partial charge in [0, 0.05) is 17.0 Å². The summed E-state index contributed by atoms with van der Waals surface area (Å²) in [6, 6.07) is 7.99. The SMILES string of the molecule is COc1cc(F)cc(-c2csc(Nc3ccc(Cl)nc3)n2)c1. The van der Waals surface area contributed by atoms with Crippen LogP contribution in [0.3, 0.4) is 0 Å². The number of aromatic nitrogens is 2. The van der Waals surface area contributed by atoms with Crippen LogP contribution in [-0.4, -0.2) is 17.1 Å². The topological polar surface area (TPSA) is 47.0 Å². The molecular weight excluding hydrogens is 325 g/mol. The lowest BCUT2D eigenvalue weighted by Crippen LogP contribution is -1.91. The van der Waals surface area contributed by atoms with Crippen molar-refractivity contribution in [3.05, 3.63) is 52.9 Å². The smallest absolute Gasteiger partial charge is 0.187 e. The van der Waals surface area contributed by atoms with E-state index in [-0.39, 0.29) is 5.82 Å². The fraction of sp³-hybridized carbons (Fsp3) is 0.0667. The molecule has 22 heavy (non-hydrogen) atoms. The van der Waals surface area contributed by atoms with Crippen molar-refractivity contribution in [2.24, 2.45) is 0 Å². The molecule has 0 aliphatic carbocycles. The summed E-state index contributed by atoms with van der Waals surface area (Å²) in [4.78, 5) is 8.43. The Bertz CT molecular complexity index is 792. The van der Waals surface area contributed by atoms with E-state index >= 15 is 0 Å². The first-order valence-corrected chi connectivity index (χ1v) is 7.59. The first-order chi connectivity index (χ1) is 10.6. The summed E-state index contributed by atoms with van der Waals surface area (Å²) in [6.07, 6.45) is 1.62. The van der Waals surface area contributed by atoms with E-state index in [9.17, 15) is 4.39 Å². The zero-order valence-corrected chi connectivity index (χ0v) is 13.1. The summed E-state index contributed by atoms with van der Waals surface area (Å²) in [5.41, 5.74) is 2.12. The Labute approximate surface area is 135 Å². The van der Waals surface area contributed by atoms with Gasteiger partial charge in [-0.2, -0.15) is 0 Å². The van der Waals surface area contributed by atoms with Gasteiger partial charge >= 0.3 is 0 Å². The van der Waals surface area contributed by atoms with Gasteiger partial charge in [0.25, 0.3) is 0 Å². The average molecular weight is 336 g/mol. The van der Waals surface area contributed by atoms with Crippen LogP contribution in [0.25, 0.3) is 11.3 Å². The van der Waals surface area contributed by atoms with Gasteiger partial charge in [-0.05, 0) is 24.3 Å². The molecule has 112 valence electrons. The molecule has 7 heteroatoms. The maximum absolute atomic E-state index is 13.6. The third-order valence-electron chi connectivity index (χ3n) is 2.89. The normalized spacial score (nSPS) is 10.5. The predicted octanol–water partition coefficient (Wildman–Crippen LogP) is 4.75. The van der Waals surface area contributed by atoms with E-state index in [0.717, 1.165) is 5.69 Å². The zero-order valence-electron chi connectivity index (χ0n) is 11.5. The Kier molecular flexibility index (Phi) is 4.22. The standard InChI is InChI=1S/C15H11ClFN3OS/c1-21-12-5-9(4-10(17)6-12)13-8-22-15(20-13)19-11-2-3-14(16)18-7-11/h2-8H,1H3,(H,19,20). The lowest BCUT2D eigenvalue weighted by Gasteiger charge is -2.03. The Balaban J connectivity index is 1.84. The van der Waals surface area contributed by atoms with Gasteiger partial charge in [0.15, 0.2) is 5.13 Å². The van der Waals surface area contributed by atoms with E-state index in [1.807, 2.05) is 11.4 Å². The number of nitrogens with zero attached hydrogens (tertiary/aromatic N) is 2. The molecule has 0 radical (unpaired) electrons. The molecule has 0 amide bonds. The molecular formula is C15H11ClFN3OS. The van der Waals surface area contributed by atoms with Crippen molar-refractivity contribution in [2.75, 3.05) is 12.4 Å². The third kappa shape index (κ3) is 3.35. The van der Waals surface area contributed by atoms with Crippen LogP contribution < -0.4 is 10.1 Å². The number of methoxy groups -OCH3 is 1. The number of rotatable bonds is 4. The van der Waals surface area contributed by atoms with Crippen molar-refractivity contribution in [1.29, 1.82) is 0 Å². The first-order valence-electron chi connectivity index (χ1n) is 6.33. The second-order valence-corrected chi connectivity index (χ2v) is 5.66. The minimum absolute atomic E-state index is 0.362. The molecule has 3 aromatic rings. The molecule has 3 rings (SSSR count). The molecule has 0 aliphatic rings. The molecule has 0 spiro atoms. The Hall–Kier alpha value is -2.18. The minimum Gasteiger partial charge on any atom is -0.497 e. The molecule has 0 bridgehead atoms. The first kappa shape index (κ1) is 14.7. The van der Waals surface area contributed by atoms with Crippen LogP contribution in [-0.2, 0) is 0 Å². The summed E-state index contributed by atoms with van der Waals surface area (Å²) in [6.45, 7) is 0.